The lowest BCUT2D eigenvalue weighted by Crippen LogP contribution is -2.27. The van der Waals surface area contributed by atoms with Crippen LogP contribution in [-0.4, -0.2) is 39.4 Å². The molecule has 17 heavy (non-hydrogen) atoms. The molecule has 0 bridgehead atoms. The Kier molecular flexibility index (Phi) is 3.49. The minimum Gasteiger partial charge on any atom is -0.493 e. The van der Waals surface area contributed by atoms with Crippen LogP contribution in [0.15, 0.2) is 18.2 Å². The third kappa shape index (κ3) is 2.68. The second-order valence-electron chi connectivity index (χ2n) is 3.71. The Labute approximate surface area is 99.7 Å². The molecule has 1 amide bonds. The molecule has 0 aromatic heterocycles. The first-order valence-corrected chi connectivity index (χ1v) is 5.37. The van der Waals surface area contributed by atoms with Crippen LogP contribution in [0.4, 0.5) is 0 Å². The van der Waals surface area contributed by atoms with Gasteiger partial charge in [0.25, 0.3) is 5.91 Å². The van der Waals surface area contributed by atoms with Crippen molar-refractivity contribution in [2.45, 2.75) is 6.10 Å². The molecule has 1 aliphatic heterocycles. The monoisotopic (exact) mass is 237 g/mol. The third-order valence-corrected chi connectivity index (χ3v) is 2.54. The molecule has 1 heterocycles. The summed E-state index contributed by atoms with van der Waals surface area (Å²) in [7, 11) is 3.05. The molecular formula is C12H15NO4. The minimum atomic E-state index is -0.184. The third-order valence-electron chi connectivity index (χ3n) is 2.54. The quantitative estimate of drug-likeness (QED) is 0.771. The number of rotatable bonds is 5. The number of hydrogen-bond donors (Lipinski definition) is 1. The largest absolute Gasteiger partial charge is 0.493 e. The van der Waals surface area contributed by atoms with Gasteiger partial charge in [-0.2, -0.15) is 0 Å². The van der Waals surface area contributed by atoms with Crippen molar-refractivity contribution in [2.24, 2.45) is 0 Å². The first-order chi connectivity index (χ1) is 8.26. The van der Waals surface area contributed by atoms with Gasteiger partial charge in [0.2, 0.25) is 0 Å². The molecule has 0 aliphatic carbocycles. The molecule has 5 heteroatoms. The maximum absolute atomic E-state index is 11.9. The SMILES string of the molecule is COc1cccc(C(=O)NCC2CO2)c1OC. The van der Waals surface area contributed by atoms with Gasteiger partial charge in [0, 0.05) is 6.54 Å². The van der Waals surface area contributed by atoms with Crippen molar-refractivity contribution in [1.82, 2.24) is 5.32 Å². The van der Waals surface area contributed by atoms with Crippen molar-refractivity contribution >= 4 is 5.91 Å². The lowest BCUT2D eigenvalue weighted by molar-refractivity contribution is 0.0946. The second kappa shape index (κ2) is 5.05. The van der Waals surface area contributed by atoms with Crippen LogP contribution in [0, 0.1) is 0 Å². The van der Waals surface area contributed by atoms with Crippen LogP contribution in [0.25, 0.3) is 0 Å². The standard InChI is InChI=1S/C12H15NO4/c1-15-10-5-3-4-9(11(10)16-2)12(14)13-6-8-7-17-8/h3-5,8H,6-7H2,1-2H3,(H,13,14). The van der Waals surface area contributed by atoms with E-state index in [9.17, 15) is 4.79 Å². The summed E-state index contributed by atoms with van der Waals surface area (Å²) < 4.78 is 15.4. The number of carbonyl (C=O) groups excluding carboxylic acids is 1. The number of epoxide rings is 1. The van der Waals surface area contributed by atoms with Gasteiger partial charge in [0.05, 0.1) is 32.5 Å². The second-order valence-corrected chi connectivity index (χ2v) is 3.71. The molecule has 1 aliphatic rings. The molecule has 1 unspecified atom stereocenters. The molecule has 92 valence electrons. The summed E-state index contributed by atoms with van der Waals surface area (Å²) in [6.45, 7) is 1.24. The van der Waals surface area contributed by atoms with Crippen LogP contribution in [0.5, 0.6) is 11.5 Å². The van der Waals surface area contributed by atoms with Crippen LogP contribution in [0.1, 0.15) is 10.4 Å². The molecule has 2 rings (SSSR count). The molecule has 1 fully saturated rings. The van der Waals surface area contributed by atoms with Crippen LogP contribution in [0.3, 0.4) is 0 Å². The summed E-state index contributed by atoms with van der Waals surface area (Å²) in [5.74, 6) is 0.809. The number of para-hydroxylation sites is 1. The van der Waals surface area contributed by atoms with E-state index in [1.54, 1.807) is 18.2 Å². The van der Waals surface area contributed by atoms with Gasteiger partial charge in [-0.15, -0.1) is 0 Å². The van der Waals surface area contributed by atoms with Crippen molar-refractivity contribution in [2.75, 3.05) is 27.4 Å². The lowest BCUT2D eigenvalue weighted by atomic mass is 10.1. The average Bonchev–Trinajstić information content (AvgIpc) is 3.18. The van der Waals surface area contributed by atoms with E-state index in [-0.39, 0.29) is 12.0 Å². The first kappa shape index (κ1) is 11.7. The number of methoxy groups -OCH3 is 2. The van der Waals surface area contributed by atoms with Crippen LogP contribution >= 0.6 is 0 Å². The zero-order chi connectivity index (χ0) is 12.3. The van der Waals surface area contributed by atoms with E-state index in [0.717, 1.165) is 6.61 Å². The number of benzene rings is 1. The topological polar surface area (TPSA) is 60.1 Å². The van der Waals surface area contributed by atoms with E-state index in [0.29, 0.717) is 23.6 Å². The Balaban J connectivity index is 2.14. The predicted octanol–water partition coefficient (Wildman–Crippen LogP) is 0.832. The van der Waals surface area contributed by atoms with Crippen molar-refractivity contribution < 1.29 is 19.0 Å². The van der Waals surface area contributed by atoms with Crippen LogP contribution < -0.4 is 14.8 Å². The highest BCUT2D eigenvalue weighted by molar-refractivity contribution is 5.97. The van der Waals surface area contributed by atoms with Crippen LogP contribution in [0.2, 0.25) is 0 Å². The Morgan fingerprint density at radius 3 is 2.82 bits per heavy atom. The molecule has 1 aromatic carbocycles. The van der Waals surface area contributed by atoms with E-state index < -0.39 is 0 Å². The van der Waals surface area contributed by atoms with Gasteiger partial charge in [-0.1, -0.05) is 6.07 Å². The normalized spacial score (nSPS) is 17.4. The molecule has 0 saturated carbocycles. The highest BCUT2D eigenvalue weighted by atomic mass is 16.6. The van der Waals surface area contributed by atoms with E-state index in [1.165, 1.54) is 14.2 Å². The van der Waals surface area contributed by atoms with Gasteiger partial charge >= 0.3 is 0 Å². The average molecular weight is 237 g/mol. The van der Waals surface area contributed by atoms with Gasteiger partial charge in [-0.25, -0.2) is 0 Å². The van der Waals surface area contributed by atoms with Crippen molar-refractivity contribution in [3.63, 3.8) is 0 Å². The molecule has 1 aromatic rings. The van der Waals surface area contributed by atoms with E-state index in [2.05, 4.69) is 5.32 Å². The highest BCUT2D eigenvalue weighted by Gasteiger charge is 2.24. The maximum Gasteiger partial charge on any atom is 0.255 e. The Morgan fingerprint density at radius 2 is 2.24 bits per heavy atom. The minimum absolute atomic E-state index is 0.163. The van der Waals surface area contributed by atoms with E-state index in [1.807, 2.05) is 0 Å². The van der Waals surface area contributed by atoms with Crippen molar-refractivity contribution in [3.05, 3.63) is 23.8 Å². The molecule has 1 saturated heterocycles. The first-order valence-electron chi connectivity index (χ1n) is 5.37. The molecule has 1 N–H and O–H groups in total. The lowest BCUT2D eigenvalue weighted by Gasteiger charge is -2.12. The Hall–Kier alpha value is -1.75. The summed E-state index contributed by atoms with van der Waals surface area (Å²) in [4.78, 5) is 11.9. The van der Waals surface area contributed by atoms with Gasteiger partial charge in [0.15, 0.2) is 11.5 Å². The fraction of sp³-hybridized carbons (Fsp3) is 0.417. The Morgan fingerprint density at radius 1 is 1.47 bits per heavy atom. The predicted molar refractivity (Wildman–Crippen MR) is 61.6 cm³/mol. The van der Waals surface area contributed by atoms with Gasteiger partial charge in [-0.3, -0.25) is 4.79 Å². The zero-order valence-corrected chi connectivity index (χ0v) is 9.86. The summed E-state index contributed by atoms with van der Waals surface area (Å²) in [5.41, 5.74) is 0.465. The summed E-state index contributed by atoms with van der Waals surface area (Å²) in [6.07, 6.45) is 0.163. The number of hydrogen-bond acceptors (Lipinski definition) is 4. The van der Waals surface area contributed by atoms with Crippen molar-refractivity contribution in [1.29, 1.82) is 0 Å². The number of nitrogens with one attached hydrogen (secondary N) is 1. The summed E-state index contributed by atoms with van der Waals surface area (Å²) in [6, 6.07) is 5.20. The van der Waals surface area contributed by atoms with Gasteiger partial charge in [0.1, 0.15) is 0 Å². The fourth-order valence-corrected chi connectivity index (χ4v) is 1.55. The zero-order valence-electron chi connectivity index (χ0n) is 9.86. The Bertz CT molecular complexity index is 415. The number of amides is 1. The molecule has 5 nitrogen and oxygen atoms in total. The molecule has 0 radical (unpaired) electrons. The van der Waals surface area contributed by atoms with Gasteiger partial charge in [-0.05, 0) is 12.1 Å². The smallest absolute Gasteiger partial charge is 0.255 e. The number of carbonyl (C=O) groups is 1. The summed E-state index contributed by atoms with van der Waals surface area (Å²) in [5, 5.41) is 2.79. The maximum atomic E-state index is 11.9. The van der Waals surface area contributed by atoms with E-state index in [4.69, 9.17) is 14.2 Å². The number of ether oxygens (including phenoxy) is 3. The van der Waals surface area contributed by atoms with Crippen molar-refractivity contribution in [3.8, 4) is 11.5 Å². The van der Waals surface area contributed by atoms with Crippen LogP contribution in [-0.2, 0) is 4.74 Å². The molecule has 0 spiro atoms. The summed E-state index contributed by atoms with van der Waals surface area (Å²) >= 11 is 0. The molecular weight excluding hydrogens is 222 g/mol. The highest BCUT2D eigenvalue weighted by Crippen LogP contribution is 2.30. The fourth-order valence-electron chi connectivity index (χ4n) is 1.55. The molecule has 1 atom stereocenters. The van der Waals surface area contributed by atoms with Gasteiger partial charge < -0.3 is 19.5 Å². The van der Waals surface area contributed by atoms with E-state index >= 15 is 0 Å².